The Labute approximate surface area is 97.8 Å². The summed E-state index contributed by atoms with van der Waals surface area (Å²) in [5.74, 6) is 1.10. The van der Waals surface area contributed by atoms with Crippen LogP contribution in [0.5, 0.6) is 0 Å². The zero-order chi connectivity index (χ0) is 12.4. The van der Waals surface area contributed by atoms with E-state index >= 15 is 0 Å². The fourth-order valence-electron chi connectivity index (χ4n) is 1.70. The van der Waals surface area contributed by atoms with Crippen molar-refractivity contribution in [2.24, 2.45) is 7.05 Å². The summed E-state index contributed by atoms with van der Waals surface area (Å²) in [4.78, 5) is 14.7. The van der Waals surface area contributed by atoms with Crippen LogP contribution in [0.2, 0.25) is 0 Å². The molecule has 0 aromatic carbocycles. The zero-order valence-electron chi connectivity index (χ0n) is 9.70. The van der Waals surface area contributed by atoms with E-state index in [4.69, 9.17) is 0 Å². The highest BCUT2D eigenvalue weighted by molar-refractivity contribution is 5.46. The minimum Gasteiger partial charge on any atom is -0.281 e. The van der Waals surface area contributed by atoms with E-state index in [9.17, 15) is 10.1 Å². The standard InChI is InChI=1S/C10H13N5O2/c1-3-4-9-11-5-6-14(9)10-8(15(16)17)7-13(2)12-10/h5-7H,3-4H2,1-2H3. The Kier molecular flexibility index (Phi) is 2.90. The monoisotopic (exact) mass is 235 g/mol. The van der Waals surface area contributed by atoms with E-state index in [0.29, 0.717) is 5.82 Å². The summed E-state index contributed by atoms with van der Waals surface area (Å²) in [5, 5.41) is 15.0. The molecule has 0 N–H and O–H groups in total. The first-order valence-corrected chi connectivity index (χ1v) is 5.34. The van der Waals surface area contributed by atoms with Crippen molar-refractivity contribution in [1.29, 1.82) is 0 Å². The molecule has 0 aliphatic heterocycles. The summed E-state index contributed by atoms with van der Waals surface area (Å²) < 4.78 is 3.10. The Morgan fingerprint density at radius 2 is 2.29 bits per heavy atom. The van der Waals surface area contributed by atoms with E-state index in [-0.39, 0.29) is 5.69 Å². The smallest absolute Gasteiger partial charge is 0.281 e. The van der Waals surface area contributed by atoms with Crippen LogP contribution in [0.3, 0.4) is 0 Å². The van der Waals surface area contributed by atoms with Crippen molar-refractivity contribution in [3.63, 3.8) is 0 Å². The topological polar surface area (TPSA) is 78.8 Å². The highest BCUT2D eigenvalue weighted by Crippen LogP contribution is 2.22. The Bertz CT molecular complexity index is 543. The minimum atomic E-state index is -0.432. The number of hydrogen-bond donors (Lipinski definition) is 0. The summed E-state index contributed by atoms with van der Waals surface area (Å²) in [7, 11) is 1.66. The number of rotatable bonds is 4. The Balaban J connectivity index is 2.52. The van der Waals surface area contributed by atoms with Crippen LogP contribution in [-0.2, 0) is 13.5 Å². The minimum absolute atomic E-state index is 0.0112. The third kappa shape index (κ3) is 2.03. The number of imidazole rings is 1. The van der Waals surface area contributed by atoms with Gasteiger partial charge in [0.15, 0.2) is 0 Å². The van der Waals surface area contributed by atoms with E-state index in [2.05, 4.69) is 10.1 Å². The van der Waals surface area contributed by atoms with E-state index in [1.807, 2.05) is 6.92 Å². The van der Waals surface area contributed by atoms with Crippen LogP contribution in [0, 0.1) is 10.1 Å². The van der Waals surface area contributed by atoms with E-state index in [0.717, 1.165) is 18.7 Å². The van der Waals surface area contributed by atoms with Crippen LogP contribution in [0.4, 0.5) is 5.69 Å². The molecule has 0 saturated carbocycles. The molecule has 2 heterocycles. The second-order valence-electron chi connectivity index (χ2n) is 3.73. The quantitative estimate of drug-likeness (QED) is 0.593. The first-order valence-electron chi connectivity index (χ1n) is 5.34. The van der Waals surface area contributed by atoms with Crippen LogP contribution >= 0.6 is 0 Å². The van der Waals surface area contributed by atoms with Gasteiger partial charge in [0.2, 0.25) is 5.82 Å². The molecule has 0 radical (unpaired) electrons. The molecule has 0 amide bonds. The molecule has 7 heteroatoms. The summed E-state index contributed by atoms with van der Waals surface area (Å²) in [6.45, 7) is 2.03. The largest absolute Gasteiger partial charge is 0.331 e. The molecular formula is C10H13N5O2. The lowest BCUT2D eigenvalue weighted by Crippen LogP contribution is -2.04. The normalized spacial score (nSPS) is 10.7. The van der Waals surface area contributed by atoms with Gasteiger partial charge in [0.25, 0.3) is 0 Å². The number of aromatic nitrogens is 4. The number of nitro groups is 1. The number of aryl methyl sites for hydroxylation is 2. The van der Waals surface area contributed by atoms with Gasteiger partial charge < -0.3 is 0 Å². The molecule has 17 heavy (non-hydrogen) atoms. The fraction of sp³-hybridized carbons (Fsp3) is 0.400. The van der Waals surface area contributed by atoms with Gasteiger partial charge in [-0.1, -0.05) is 6.92 Å². The van der Waals surface area contributed by atoms with Gasteiger partial charge in [0.05, 0.1) is 4.92 Å². The maximum absolute atomic E-state index is 10.9. The van der Waals surface area contributed by atoms with Gasteiger partial charge in [0, 0.05) is 25.9 Å². The molecule has 0 atom stereocenters. The predicted octanol–water partition coefficient (Wildman–Crippen LogP) is 1.47. The third-order valence-corrected chi connectivity index (χ3v) is 2.41. The SMILES string of the molecule is CCCc1nccn1-c1nn(C)cc1[N+](=O)[O-]. The lowest BCUT2D eigenvalue weighted by Gasteiger charge is -2.02. The third-order valence-electron chi connectivity index (χ3n) is 2.41. The van der Waals surface area contributed by atoms with Crippen molar-refractivity contribution >= 4 is 5.69 Å². The van der Waals surface area contributed by atoms with Crippen molar-refractivity contribution in [1.82, 2.24) is 19.3 Å². The van der Waals surface area contributed by atoms with Gasteiger partial charge >= 0.3 is 5.69 Å². The van der Waals surface area contributed by atoms with Gasteiger partial charge in [-0.15, -0.1) is 5.10 Å². The highest BCUT2D eigenvalue weighted by Gasteiger charge is 2.21. The van der Waals surface area contributed by atoms with Crippen molar-refractivity contribution in [2.45, 2.75) is 19.8 Å². The maximum Gasteiger partial charge on any atom is 0.331 e. The zero-order valence-corrected chi connectivity index (χ0v) is 9.70. The van der Waals surface area contributed by atoms with Crippen LogP contribution in [-0.4, -0.2) is 24.3 Å². The van der Waals surface area contributed by atoms with Crippen LogP contribution in [0.25, 0.3) is 5.82 Å². The Morgan fingerprint density at radius 3 is 2.94 bits per heavy atom. The molecule has 2 aromatic rings. The molecule has 0 fully saturated rings. The van der Waals surface area contributed by atoms with Gasteiger partial charge in [0.1, 0.15) is 12.0 Å². The lowest BCUT2D eigenvalue weighted by molar-refractivity contribution is -0.384. The van der Waals surface area contributed by atoms with Crippen LogP contribution in [0.15, 0.2) is 18.6 Å². The number of nitrogens with zero attached hydrogens (tertiary/aromatic N) is 5. The Morgan fingerprint density at radius 1 is 1.53 bits per heavy atom. The maximum atomic E-state index is 10.9. The van der Waals surface area contributed by atoms with Crippen molar-refractivity contribution in [2.75, 3.05) is 0 Å². The van der Waals surface area contributed by atoms with Crippen molar-refractivity contribution in [3.05, 3.63) is 34.5 Å². The molecule has 2 aromatic heterocycles. The first kappa shape index (κ1) is 11.3. The summed E-state index contributed by atoms with van der Waals surface area (Å²) in [6.07, 6.45) is 6.41. The lowest BCUT2D eigenvalue weighted by atomic mass is 10.3. The predicted molar refractivity (Wildman–Crippen MR) is 61.0 cm³/mol. The highest BCUT2D eigenvalue weighted by atomic mass is 16.6. The Hall–Kier alpha value is -2.18. The van der Waals surface area contributed by atoms with Crippen LogP contribution < -0.4 is 0 Å². The van der Waals surface area contributed by atoms with Gasteiger partial charge in [-0.05, 0) is 6.42 Å². The first-order chi connectivity index (χ1) is 8.13. The molecule has 0 aliphatic rings. The molecule has 0 spiro atoms. The molecule has 7 nitrogen and oxygen atoms in total. The molecule has 0 aliphatic carbocycles. The molecular weight excluding hydrogens is 222 g/mol. The molecule has 0 saturated heterocycles. The summed E-state index contributed by atoms with van der Waals surface area (Å²) >= 11 is 0. The average molecular weight is 235 g/mol. The molecule has 0 bridgehead atoms. The van der Waals surface area contributed by atoms with Gasteiger partial charge in [-0.2, -0.15) is 0 Å². The molecule has 2 rings (SSSR count). The molecule has 0 unspecified atom stereocenters. The van der Waals surface area contributed by atoms with Crippen molar-refractivity contribution < 1.29 is 4.92 Å². The van der Waals surface area contributed by atoms with E-state index < -0.39 is 4.92 Å². The second-order valence-corrected chi connectivity index (χ2v) is 3.73. The second kappa shape index (κ2) is 4.36. The average Bonchev–Trinajstić information content (AvgIpc) is 2.84. The van der Waals surface area contributed by atoms with Crippen LogP contribution in [0.1, 0.15) is 19.2 Å². The van der Waals surface area contributed by atoms with Gasteiger partial charge in [-0.3, -0.25) is 19.4 Å². The summed E-state index contributed by atoms with van der Waals surface area (Å²) in [5.41, 5.74) is -0.0112. The van der Waals surface area contributed by atoms with Crippen molar-refractivity contribution in [3.8, 4) is 5.82 Å². The summed E-state index contributed by atoms with van der Waals surface area (Å²) in [6, 6.07) is 0. The van der Waals surface area contributed by atoms with E-state index in [1.54, 1.807) is 24.0 Å². The van der Waals surface area contributed by atoms with E-state index in [1.165, 1.54) is 10.9 Å². The fourth-order valence-corrected chi connectivity index (χ4v) is 1.70. The van der Waals surface area contributed by atoms with Gasteiger partial charge in [-0.25, -0.2) is 4.98 Å². The number of hydrogen-bond acceptors (Lipinski definition) is 4. The molecule has 90 valence electrons.